The quantitative estimate of drug-likeness (QED) is 0.906. The highest BCUT2D eigenvalue weighted by Crippen LogP contribution is 2.39. The molecule has 106 valence electrons. The zero-order valence-corrected chi connectivity index (χ0v) is 13.2. The Hall–Kier alpha value is -0.570. The Morgan fingerprint density at radius 3 is 2.74 bits per heavy atom. The molecule has 1 aliphatic rings. The molecular weight excluding hydrogens is 256 g/mol. The summed E-state index contributed by atoms with van der Waals surface area (Å²) in [6.45, 7) is 8.88. The molecule has 0 spiro atoms. The lowest BCUT2D eigenvalue weighted by Crippen LogP contribution is -2.33. The number of nitrogens with one attached hydrogen (secondary N) is 1. The number of benzene rings is 1. The van der Waals surface area contributed by atoms with E-state index in [9.17, 15) is 0 Å². The van der Waals surface area contributed by atoms with Crippen LogP contribution in [0.5, 0.6) is 0 Å². The lowest BCUT2D eigenvalue weighted by molar-refractivity contribution is 0.182. The van der Waals surface area contributed by atoms with E-state index in [-0.39, 0.29) is 0 Å². The Balaban J connectivity index is 2.31. The monoisotopic (exact) mass is 280 g/mol. The summed E-state index contributed by atoms with van der Waals surface area (Å²) >= 11 is 6.31. The number of hydrogen-bond donors (Lipinski definition) is 1. The van der Waals surface area contributed by atoms with E-state index in [1.54, 1.807) is 0 Å². The van der Waals surface area contributed by atoms with Gasteiger partial charge in [0.2, 0.25) is 0 Å². The average Bonchev–Trinajstić information content (AvgIpc) is 2.77. The van der Waals surface area contributed by atoms with E-state index in [1.807, 2.05) is 7.05 Å². The number of hydrogen-bond acceptors (Lipinski definition) is 2. The van der Waals surface area contributed by atoms with Crippen LogP contribution in [0.15, 0.2) is 18.2 Å². The molecule has 2 atom stereocenters. The van der Waals surface area contributed by atoms with Crippen molar-refractivity contribution in [2.24, 2.45) is 5.92 Å². The van der Waals surface area contributed by atoms with E-state index in [0.29, 0.717) is 18.0 Å². The van der Waals surface area contributed by atoms with Crippen LogP contribution in [0.25, 0.3) is 0 Å². The molecule has 1 aliphatic heterocycles. The molecule has 0 saturated carbocycles. The van der Waals surface area contributed by atoms with Crippen LogP contribution in [0, 0.1) is 12.8 Å². The Labute approximate surface area is 122 Å². The number of aryl methyl sites for hydroxylation is 1. The molecule has 19 heavy (non-hydrogen) atoms. The van der Waals surface area contributed by atoms with Crippen LogP contribution in [0.3, 0.4) is 0 Å². The summed E-state index contributed by atoms with van der Waals surface area (Å²) in [6.07, 6.45) is 1.26. The molecule has 1 aromatic rings. The number of nitrogens with zero attached hydrogens (tertiary/aromatic N) is 1. The van der Waals surface area contributed by atoms with Crippen molar-refractivity contribution in [3.63, 3.8) is 0 Å². The van der Waals surface area contributed by atoms with Crippen LogP contribution in [0.1, 0.15) is 37.4 Å². The molecular formula is C16H25ClN2. The molecule has 1 aromatic carbocycles. The highest BCUT2D eigenvalue weighted by molar-refractivity contribution is 6.31. The first kappa shape index (κ1) is 14.8. The molecule has 1 N–H and O–H groups in total. The van der Waals surface area contributed by atoms with Crippen LogP contribution in [-0.2, 0) is 0 Å². The summed E-state index contributed by atoms with van der Waals surface area (Å²) in [5.41, 5.74) is 2.52. The lowest BCUT2D eigenvalue weighted by Gasteiger charge is -2.32. The van der Waals surface area contributed by atoms with Crippen LogP contribution in [-0.4, -0.2) is 31.1 Å². The van der Waals surface area contributed by atoms with Gasteiger partial charge in [0.05, 0.1) is 0 Å². The third-order valence-electron chi connectivity index (χ3n) is 4.23. The molecule has 1 heterocycles. The Bertz CT molecular complexity index is 431. The van der Waals surface area contributed by atoms with E-state index in [1.165, 1.54) is 18.5 Å². The van der Waals surface area contributed by atoms with E-state index in [2.05, 4.69) is 49.2 Å². The van der Waals surface area contributed by atoms with E-state index in [0.717, 1.165) is 17.1 Å². The standard InChI is InChI=1S/C16H25ClN2/c1-11(2)19-8-7-14(10-18-4)16(19)13-6-5-12(3)15(17)9-13/h5-6,9,11,14,16,18H,7-8,10H2,1-4H3. The maximum atomic E-state index is 6.31. The second-order valence-corrected chi connectivity index (χ2v) is 6.30. The van der Waals surface area contributed by atoms with Crippen molar-refractivity contribution in [2.45, 2.75) is 39.3 Å². The number of likely N-dealkylation sites (tertiary alicyclic amines) is 1. The van der Waals surface area contributed by atoms with Crippen LogP contribution in [0.4, 0.5) is 0 Å². The van der Waals surface area contributed by atoms with E-state index >= 15 is 0 Å². The minimum atomic E-state index is 0.491. The van der Waals surface area contributed by atoms with Gasteiger partial charge in [0.15, 0.2) is 0 Å². The molecule has 2 nitrogen and oxygen atoms in total. The van der Waals surface area contributed by atoms with Crippen molar-refractivity contribution < 1.29 is 0 Å². The third kappa shape index (κ3) is 3.13. The minimum Gasteiger partial charge on any atom is -0.319 e. The summed E-state index contributed by atoms with van der Waals surface area (Å²) in [7, 11) is 2.04. The summed E-state index contributed by atoms with van der Waals surface area (Å²) in [6, 6.07) is 7.61. The fourth-order valence-electron chi connectivity index (χ4n) is 3.19. The fourth-order valence-corrected chi connectivity index (χ4v) is 3.38. The van der Waals surface area contributed by atoms with Gasteiger partial charge in [0, 0.05) is 17.1 Å². The second-order valence-electron chi connectivity index (χ2n) is 5.89. The van der Waals surface area contributed by atoms with E-state index in [4.69, 9.17) is 11.6 Å². The molecule has 0 aliphatic carbocycles. The van der Waals surface area contributed by atoms with Gasteiger partial charge >= 0.3 is 0 Å². The average molecular weight is 281 g/mol. The van der Waals surface area contributed by atoms with Crippen LogP contribution >= 0.6 is 11.6 Å². The number of halogens is 1. The Morgan fingerprint density at radius 1 is 1.42 bits per heavy atom. The summed E-state index contributed by atoms with van der Waals surface area (Å²) in [5.74, 6) is 0.672. The first-order chi connectivity index (χ1) is 9.04. The molecule has 1 saturated heterocycles. The largest absolute Gasteiger partial charge is 0.319 e. The maximum Gasteiger partial charge on any atom is 0.0438 e. The number of rotatable bonds is 4. The molecule has 3 heteroatoms. The van der Waals surface area contributed by atoms with Crippen molar-refractivity contribution >= 4 is 11.6 Å². The van der Waals surface area contributed by atoms with Crippen LogP contribution in [0.2, 0.25) is 5.02 Å². The van der Waals surface area contributed by atoms with Crippen molar-refractivity contribution in [3.8, 4) is 0 Å². The van der Waals surface area contributed by atoms with Crippen molar-refractivity contribution in [1.29, 1.82) is 0 Å². The molecule has 2 unspecified atom stereocenters. The van der Waals surface area contributed by atoms with Gasteiger partial charge in [-0.1, -0.05) is 23.7 Å². The first-order valence-corrected chi connectivity index (χ1v) is 7.58. The van der Waals surface area contributed by atoms with Gasteiger partial charge in [0.25, 0.3) is 0 Å². The van der Waals surface area contributed by atoms with Crippen molar-refractivity contribution in [2.75, 3.05) is 20.1 Å². The zero-order valence-electron chi connectivity index (χ0n) is 12.4. The highest BCUT2D eigenvalue weighted by atomic mass is 35.5. The normalized spacial score (nSPS) is 24.3. The molecule has 0 aromatic heterocycles. The van der Waals surface area contributed by atoms with Gasteiger partial charge in [-0.25, -0.2) is 0 Å². The van der Waals surface area contributed by atoms with Gasteiger partial charge in [-0.15, -0.1) is 0 Å². The highest BCUT2D eigenvalue weighted by Gasteiger charge is 2.36. The van der Waals surface area contributed by atoms with Crippen LogP contribution < -0.4 is 5.32 Å². The summed E-state index contributed by atoms with van der Waals surface area (Å²) < 4.78 is 0. The smallest absolute Gasteiger partial charge is 0.0438 e. The predicted molar refractivity (Wildman–Crippen MR) is 82.8 cm³/mol. The summed E-state index contributed by atoms with van der Waals surface area (Å²) in [4.78, 5) is 2.60. The topological polar surface area (TPSA) is 15.3 Å². The third-order valence-corrected chi connectivity index (χ3v) is 4.64. The van der Waals surface area contributed by atoms with Gasteiger partial charge in [0.1, 0.15) is 0 Å². The van der Waals surface area contributed by atoms with Crippen molar-refractivity contribution in [1.82, 2.24) is 10.2 Å². The second kappa shape index (κ2) is 6.25. The zero-order chi connectivity index (χ0) is 14.0. The fraction of sp³-hybridized carbons (Fsp3) is 0.625. The summed E-state index contributed by atoms with van der Waals surface area (Å²) in [5, 5.41) is 4.22. The van der Waals surface area contributed by atoms with Gasteiger partial charge in [-0.3, -0.25) is 4.90 Å². The Kier molecular flexibility index (Phi) is 4.88. The lowest BCUT2D eigenvalue weighted by atomic mass is 9.92. The molecule has 0 radical (unpaired) electrons. The van der Waals surface area contributed by atoms with Gasteiger partial charge in [-0.05, 0) is 70.4 Å². The van der Waals surface area contributed by atoms with Gasteiger partial charge in [-0.2, -0.15) is 0 Å². The molecule has 2 rings (SSSR count). The predicted octanol–water partition coefficient (Wildman–Crippen LogP) is 3.64. The maximum absolute atomic E-state index is 6.31. The molecule has 1 fully saturated rings. The molecule has 0 amide bonds. The Morgan fingerprint density at radius 2 is 2.16 bits per heavy atom. The van der Waals surface area contributed by atoms with E-state index < -0.39 is 0 Å². The van der Waals surface area contributed by atoms with Crippen molar-refractivity contribution in [3.05, 3.63) is 34.3 Å². The van der Waals surface area contributed by atoms with Gasteiger partial charge < -0.3 is 5.32 Å². The first-order valence-electron chi connectivity index (χ1n) is 7.21. The molecule has 0 bridgehead atoms. The SMILES string of the molecule is CNCC1CCN(C(C)C)C1c1ccc(C)c(Cl)c1. The minimum absolute atomic E-state index is 0.491.